The van der Waals surface area contributed by atoms with Crippen LogP contribution in [0.15, 0.2) is 12.4 Å². The van der Waals surface area contributed by atoms with Crippen molar-refractivity contribution in [2.45, 2.75) is 39.5 Å². The van der Waals surface area contributed by atoms with Gasteiger partial charge in [-0.05, 0) is 6.42 Å². The Morgan fingerprint density at radius 3 is 2.50 bits per heavy atom. The first-order valence-corrected chi connectivity index (χ1v) is 5.16. The zero-order valence-corrected chi connectivity index (χ0v) is 8.88. The van der Waals surface area contributed by atoms with E-state index < -0.39 is 0 Å². The van der Waals surface area contributed by atoms with Gasteiger partial charge < -0.3 is 0 Å². The zero-order valence-electron chi connectivity index (χ0n) is 8.88. The van der Waals surface area contributed by atoms with Gasteiger partial charge in [0.1, 0.15) is 5.82 Å². The minimum absolute atomic E-state index is 0.879. The van der Waals surface area contributed by atoms with Gasteiger partial charge in [0, 0.05) is 25.2 Å². The van der Waals surface area contributed by atoms with Crippen molar-refractivity contribution < 1.29 is 0 Å². The van der Waals surface area contributed by atoms with E-state index in [1.807, 2.05) is 6.92 Å². The fourth-order valence-corrected chi connectivity index (χ4v) is 1.03. The van der Waals surface area contributed by atoms with Crippen LogP contribution in [0.3, 0.4) is 0 Å². The lowest BCUT2D eigenvalue weighted by Crippen LogP contribution is -1.91. The van der Waals surface area contributed by atoms with Gasteiger partial charge in [0.2, 0.25) is 0 Å². The third kappa shape index (κ3) is 3.57. The summed E-state index contributed by atoms with van der Waals surface area (Å²) < 4.78 is 0. The standard InChI is InChI=1S/C12H16N2/c1-3-5-6-7-8-11-9-13-12(4-2)14-10-11/h9-10H,3-6H2,1-2H3. The van der Waals surface area contributed by atoms with Gasteiger partial charge in [0.05, 0.1) is 5.56 Å². The molecule has 0 aromatic carbocycles. The van der Waals surface area contributed by atoms with Crippen molar-refractivity contribution in [2.24, 2.45) is 0 Å². The first-order chi connectivity index (χ1) is 6.86. The molecule has 2 nitrogen and oxygen atoms in total. The Bertz CT molecular complexity index is 316. The number of hydrogen-bond donors (Lipinski definition) is 0. The molecular weight excluding hydrogens is 172 g/mol. The topological polar surface area (TPSA) is 25.8 Å². The number of aromatic nitrogens is 2. The van der Waals surface area contributed by atoms with Crippen LogP contribution < -0.4 is 0 Å². The Balaban J connectivity index is 2.53. The minimum Gasteiger partial charge on any atom is -0.240 e. The van der Waals surface area contributed by atoms with E-state index in [0.717, 1.165) is 24.2 Å². The molecule has 0 amide bonds. The largest absolute Gasteiger partial charge is 0.240 e. The molecular formula is C12H16N2. The smallest absolute Gasteiger partial charge is 0.128 e. The summed E-state index contributed by atoms with van der Waals surface area (Å²) in [6.45, 7) is 4.21. The molecule has 1 aromatic rings. The molecule has 0 aliphatic carbocycles. The van der Waals surface area contributed by atoms with Crippen molar-refractivity contribution in [1.29, 1.82) is 0 Å². The number of unbranched alkanes of at least 4 members (excludes halogenated alkanes) is 2. The average Bonchev–Trinajstić information content (AvgIpc) is 2.25. The summed E-state index contributed by atoms with van der Waals surface area (Å²) in [5.74, 6) is 7.04. The van der Waals surface area contributed by atoms with Gasteiger partial charge in [0.15, 0.2) is 0 Å². The van der Waals surface area contributed by atoms with E-state index in [9.17, 15) is 0 Å². The summed E-state index contributed by atoms with van der Waals surface area (Å²) in [7, 11) is 0. The predicted octanol–water partition coefficient (Wildman–Crippen LogP) is 2.58. The van der Waals surface area contributed by atoms with Gasteiger partial charge in [-0.1, -0.05) is 32.1 Å². The number of hydrogen-bond acceptors (Lipinski definition) is 2. The van der Waals surface area contributed by atoms with Crippen LogP contribution in [0, 0.1) is 11.8 Å². The van der Waals surface area contributed by atoms with Gasteiger partial charge in [-0.15, -0.1) is 0 Å². The van der Waals surface area contributed by atoms with E-state index in [-0.39, 0.29) is 0 Å². The molecule has 0 saturated carbocycles. The van der Waals surface area contributed by atoms with Gasteiger partial charge in [-0.25, -0.2) is 9.97 Å². The highest BCUT2D eigenvalue weighted by atomic mass is 14.8. The quantitative estimate of drug-likeness (QED) is 0.538. The summed E-state index contributed by atoms with van der Waals surface area (Å²) in [5, 5.41) is 0. The third-order valence-electron chi connectivity index (χ3n) is 1.91. The lowest BCUT2D eigenvalue weighted by atomic mass is 10.2. The maximum absolute atomic E-state index is 4.18. The van der Waals surface area contributed by atoms with E-state index in [1.165, 1.54) is 12.8 Å². The van der Waals surface area contributed by atoms with E-state index >= 15 is 0 Å². The highest BCUT2D eigenvalue weighted by Crippen LogP contribution is 1.96. The molecule has 1 rings (SSSR count). The monoisotopic (exact) mass is 188 g/mol. The molecule has 2 heteroatoms. The molecule has 74 valence electrons. The molecule has 0 N–H and O–H groups in total. The van der Waals surface area contributed by atoms with Crippen molar-refractivity contribution in [1.82, 2.24) is 9.97 Å². The van der Waals surface area contributed by atoms with Gasteiger partial charge in [-0.2, -0.15) is 0 Å². The molecule has 0 fully saturated rings. The summed E-state index contributed by atoms with van der Waals surface area (Å²) in [5.41, 5.74) is 0.915. The Kier molecular flexibility index (Phi) is 4.71. The summed E-state index contributed by atoms with van der Waals surface area (Å²) >= 11 is 0. The Hall–Kier alpha value is -1.36. The van der Waals surface area contributed by atoms with Gasteiger partial charge in [-0.3, -0.25) is 0 Å². The van der Waals surface area contributed by atoms with Crippen molar-refractivity contribution in [3.63, 3.8) is 0 Å². The second-order valence-corrected chi connectivity index (χ2v) is 3.15. The Labute approximate surface area is 85.8 Å². The molecule has 14 heavy (non-hydrogen) atoms. The van der Waals surface area contributed by atoms with Gasteiger partial charge in [0.25, 0.3) is 0 Å². The number of aryl methyl sites for hydroxylation is 1. The SMILES string of the molecule is CCCCC#Cc1cnc(CC)nc1. The van der Waals surface area contributed by atoms with Crippen molar-refractivity contribution in [3.05, 3.63) is 23.8 Å². The molecule has 0 atom stereocenters. The third-order valence-corrected chi connectivity index (χ3v) is 1.91. The van der Waals surface area contributed by atoms with Crippen LogP contribution >= 0.6 is 0 Å². The molecule has 0 bridgehead atoms. The summed E-state index contributed by atoms with van der Waals surface area (Å²) in [6, 6.07) is 0. The molecule has 1 aromatic heterocycles. The highest BCUT2D eigenvalue weighted by molar-refractivity contribution is 5.29. The first-order valence-electron chi connectivity index (χ1n) is 5.16. The molecule has 0 radical (unpaired) electrons. The number of rotatable bonds is 3. The maximum Gasteiger partial charge on any atom is 0.128 e. The van der Waals surface area contributed by atoms with Crippen LogP contribution in [0.2, 0.25) is 0 Å². The van der Waals surface area contributed by atoms with Crippen molar-refractivity contribution >= 4 is 0 Å². The molecule has 0 spiro atoms. The van der Waals surface area contributed by atoms with E-state index in [1.54, 1.807) is 12.4 Å². The van der Waals surface area contributed by atoms with Crippen LogP contribution in [-0.2, 0) is 6.42 Å². The fraction of sp³-hybridized carbons (Fsp3) is 0.500. The van der Waals surface area contributed by atoms with Crippen LogP contribution in [0.5, 0.6) is 0 Å². The molecule has 0 saturated heterocycles. The average molecular weight is 188 g/mol. The first kappa shape index (κ1) is 10.7. The Morgan fingerprint density at radius 2 is 1.93 bits per heavy atom. The second-order valence-electron chi connectivity index (χ2n) is 3.15. The van der Waals surface area contributed by atoms with Crippen LogP contribution in [0.25, 0.3) is 0 Å². The highest BCUT2D eigenvalue weighted by Gasteiger charge is 1.91. The van der Waals surface area contributed by atoms with Gasteiger partial charge >= 0.3 is 0 Å². The van der Waals surface area contributed by atoms with E-state index in [2.05, 4.69) is 28.7 Å². The van der Waals surface area contributed by atoms with Crippen molar-refractivity contribution in [3.8, 4) is 11.8 Å². The van der Waals surface area contributed by atoms with E-state index in [0.29, 0.717) is 0 Å². The minimum atomic E-state index is 0.879. The van der Waals surface area contributed by atoms with Crippen molar-refractivity contribution in [2.75, 3.05) is 0 Å². The molecule has 0 aliphatic heterocycles. The summed E-state index contributed by atoms with van der Waals surface area (Å²) in [6.07, 6.45) is 7.80. The van der Waals surface area contributed by atoms with Crippen LogP contribution in [0.4, 0.5) is 0 Å². The van der Waals surface area contributed by atoms with Crippen LogP contribution in [-0.4, -0.2) is 9.97 Å². The molecule has 0 aliphatic rings. The normalized spacial score (nSPS) is 9.29. The summed E-state index contributed by atoms with van der Waals surface area (Å²) in [4.78, 5) is 8.36. The number of nitrogens with zero attached hydrogens (tertiary/aromatic N) is 2. The lowest BCUT2D eigenvalue weighted by molar-refractivity contribution is 0.828. The maximum atomic E-state index is 4.18. The second kappa shape index (κ2) is 6.15. The molecule has 0 unspecified atom stereocenters. The Morgan fingerprint density at radius 1 is 1.21 bits per heavy atom. The zero-order chi connectivity index (χ0) is 10.2. The lowest BCUT2D eigenvalue weighted by Gasteiger charge is -1.93. The predicted molar refractivity (Wildman–Crippen MR) is 57.8 cm³/mol. The van der Waals surface area contributed by atoms with Crippen LogP contribution in [0.1, 0.15) is 44.5 Å². The van der Waals surface area contributed by atoms with E-state index in [4.69, 9.17) is 0 Å². The fourth-order valence-electron chi connectivity index (χ4n) is 1.03. The molecule has 1 heterocycles.